The second kappa shape index (κ2) is 8.33. The Morgan fingerprint density at radius 3 is 2.55 bits per heavy atom. The molecule has 0 unspecified atom stereocenters. The van der Waals surface area contributed by atoms with Crippen LogP contribution in [0, 0.1) is 24.7 Å². The first-order chi connectivity index (χ1) is 14.8. The number of carbonyl (C=O) groups is 4. The van der Waals surface area contributed by atoms with E-state index in [2.05, 4.69) is 17.4 Å². The molecule has 4 rings (SSSR count). The number of aryl methyl sites for hydroxylation is 1. The van der Waals surface area contributed by atoms with Crippen molar-refractivity contribution >= 4 is 35.2 Å². The van der Waals surface area contributed by atoms with E-state index in [9.17, 15) is 19.2 Å². The third-order valence-electron chi connectivity index (χ3n) is 5.78. The second-order valence-electron chi connectivity index (χ2n) is 8.14. The van der Waals surface area contributed by atoms with Crippen LogP contribution in [-0.4, -0.2) is 35.5 Å². The van der Waals surface area contributed by atoms with Crippen LogP contribution in [-0.2, 0) is 19.1 Å². The Balaban J connectivity index is 1.36. The van der Waals surface area contributed by atoms with Gasteiger partial charge in [-0.2, -0.15) is 0 Å². The van der Waals surface area contributed by atoms with Crippen LogP contribution in [0.5, 0.6) is 0 Å². The van der Waals surface area contributed by atoms with Crippen molar-refractivity contribution in [3.63, 3.8) is 0 Å². The van der Waals surface area contributed by atoms with Crippen molar-refractivity contribution in [3.05, 3.63) is 41.7 Å². The molecule has 2 fully saturated rings. The second-order valence-corrected chi connectivity index (χ2v) is 8.14. The molecule has 1 aliphatic carbocycles. The summed E-state index contributed by atoms with van der Waals surface area (Å²) >= 11 is 0. The summed E-state index contributed by atoms with van der Waals surface area (Å²) in [6.45, 7) is 3.30. The van der Waals surface area contributed by atoms with Gasteiger partial charge in [0.05, 0.1) is 23.1 Å². The maximum absolute atomic E-state index is 12.8. The molecule has 9 nitrogen and oxygen atoms in total. The Hall–Kier alpha value is -3.49. The van der Waals surface area contributed by atoms with Crippen LogP contribution in [0.25, 0.3) is 0 Å². The number of carbonyl (C=O) groups excluding carboxylic acids is 4. The number of esters is 1. The van der Waals surface area contributed by atoms with E-state index < -0.39 is 18.5 Å². The van der Waals surface area contributed by atoms with Crippen LogP contribution in [0.3, 0.4) is 0 Å². The number of aromatic nitrogens is 1. The highest BCUT2D eigenvalue weighted by molar-refractivity contribution is 6.22. The third-order valence-corrected chi connectivity index (χ3v) is 5.78. The standard InChI is InChI=1S/C22H23N3O6/c1-12-3-8-16-17(9-12)21(28)25(20(16)27)15-6-4-14(5-7-15)22(29)30-11-19(26)23-18-10-13(2)31-24-18/h4-7,10,12,16-17H,3,8-9,11H2,1-2H3,(H,23,24,26)/t12-,16-,17+/m1/s1. The summed E-state index contributed by atoms with van der Waals surface area (Å²) < 4.78 is 9.85. The SMILES string of the molecule is Cc1cc(NC(=O)COC(=O)c2ccc(N3C(=O)[C@H]4C[C@H](C)CC[C@H]4C3=O)cc2)no1. The van der Waals surface area contributed by atoms with Gasteiger partial charge < -0.3 is 14.6 Å². The lowest BCUT2D eigenvalue weighted by atomic mass is 9.76. The number of benzene rings is 1. The predicted octanol–water partition coefficient (Wildman–Crippen LogP) is 2.70. The van der Waals surface area contributed by atoms with Gasteiger partial charge >= 0.3 is 5.97 Å². The Kier molecular flexibility index (Phi) is 5.58. The highest BCUT2D eigenvalue weighted by atomic mass is 16.5. The molecule has 1 aromatic carbocycles. The van der Waals surface area contributed by atoms with Crippen molar-refractivity contribution in [2.75, 3.05) is 16.8 Å². The van der Waals surface area contributed by atoms with Gasteiger partial charge in [-0.15, -0.1) is 0 Å². The average Bonchev–Trinajstić information content (AvgIpc) is 3.26. The molecule has 2 aliphatic rings. The Morgan fingerprint density at radius 1 is 1.16 bits per heavy atom. The summed E-state index contributed by atoms with van der Waals surface area (Å²) in [5.74, 6) is -0.889. The van der Waals surface area contributed by atoms with Gasteiger partial charge in [0, 0.05) is 6.07 Å². The lowest BCUT2D eigenvalue weighted by molar-refractivity contribution is -0.122. The van der Waals surface area contributed by atoms with Gasteiger partial charge in [-0.05, 0) is 56.4 Å². The zero-order chi connectivity index (χ0) is 22.1. The van der Waals surface area contributed by atoms with Crippen molar-refractivity contribution in [3.8, 4) is 0 Å². The number of hydrogen-bond acceptors (Lipinski definition) is 7. The zero-order valence-electron chi connectivity index (χ0n) is 17.3. The number of fused-ring (bicyclic) bond motifs is 1. The number of hydrogen-bond donors (Lipinski definition) is 1. The van der Waals surface area contributed by atoms with Crippen LogP contribution in [0.4, 0.5) is 11.5 Å². The van der Waals surface area contributed by atoms with Crippen molar-refractivity contribution in [1.29, 1.82) is 0 Å². The van der Waals surface area contributed by atoms with Crippen molar-refractivity contribution in [1.82, 2.24) is 5.16 Å². The average molecular weight is 425 g/mol. The minimum Gasteiger partial charge on any atom is -0.452 e. The van der Waals surface area contributed by atoms with Gasteiger partial charge in [-0.3, -0.25) is 19.3 Å². The highest BCUT2D eigenvalue weighted by Gasteiger charge is 2.49. The van der Waals surface area contributed by atoms with Gasteiger partial charge in [-0.25, -0.2) is 4.79 Å². The van der Waals surface area contributed by atoms with Crippen molar-refractivity contribution in [2.45, 2.75) is 33.1 Å². The van der Waals surface area contributed by atoms with E-state index >= 15 is 0 Å². The fourth-order valence-electron chi connectivity index (χ4n) is 4.21. The molecule has 1 saturated heterocycles. The molecule has 1 saturated carbocycles. The van der Waals surface area contributed by atoms with Crippen LogP contribution < -0.4 is 10.2 Å². The van der Waals surface area contributed by atoms with Crippen molar-refractivity contribution < 1.29 is 28.4 Å². The van der Waals surface area contributed by atoms with E-state index in [1.54, 1.807) is 19.1 Å². The molecule has 1 N–H and O–H groups in total. The molecular weight excluding hydrogens is 402 g/mol. The maximum atomic E-state index is 12.8. The number of nitrogens with zero attached hydrogens (tertiary/aromatic N) is 2. The topological polar surface area (TPSA) is 119 Å². The van der Waals surface area contributed by atoms with Gasteiger partial charge in [0.2, 0.25) is 11.8 Å². The fraction of sp³-hybridized carbons (Fsp3) is 0.409. The lowest BCUT2D eigenvalue weighted by Crippen LogP contribution is -2.30. The Morgan fingerprint density at radius 2 is 1.87 bits per heavy atom. The Bertz CT molecular complexity index is 1030. The van der Waals surface area contributed by atoms with Crippen LogP contribution in [0.15, 0.2) is 34.9 Å². The molecule has 3 amide bonds. The van der Waals surface area contributed by atoms with E-state index in [4.69, 9.17) is 9.26 Å². The molecule has 0 spiro atoms. The molecular formula is C22H23N3O6. The fourth-order valence-corrected chi connectivity index (χ4v) is 4.21. The number of anilines is 2. The predicted molar refractivity (Wildman–Crippen MR) is 109 cm³/mol. The minimum absolute atomic E-state index is 0.169. The summed E-state index contributed by atoms with van der Waals surface area (Å²) in [6.07, 6.45) is 2.40. The molecule has 0 bridgehead atoms. The molecule has 2 aromatic rings. The van der Waals surface area contributed by atoms with Gasteiger partial charge in [0.25, 0.3) is 5.91 Å². The quantitative estimate of drug-likeness (QED) is 0.578. The number of imide groups is 1. The monoisotopic (exact) mass is 425 g/mol. The summed E-state index contributed by atoms with van der Waals surface area (Å²) in [5, 5.41) is 6.07. The van der Waals surface area contributed by atoms with Crippen LogP contribution in [0.2, 0.25) is 0 Å². The van der Waals surface area contributed by atoms with E-state index in [-0.39, 0.29) is 35.0 Å². The first-order valence-corrected chi connectivity index (χ1v) is 10.2. The normalized spacial score (nSPS) is 22.9. The summed E-state index contributed by atoms with van der Waals surface area (Å²) in [5.41, 5.74) is 0.645. The van der Waals surface area contributed by atoms with Gasteiger partial charge in [-0.1, -0.05) is 12.1 Å². The third kappa shape index (κ3) is 4.21. The minimum atomic E-state index is -0.695. The van der Waals surface area contributed by atoms with E-state index in [0.29, 0.717) is 17.4 Å². The van der Waals surface area contributed by atoms with E-state index in [1.807, 2.05) is 0 Å². The number of nitrogens with one attached hydrogen (secondary N) is 1. The summed E-state index contributed by atoms with van der Waals surface area (Å²) in [7, 11) is 0. The Labute approximate surface area is 178 Å². The molecule has 1 aromatic heterocycles. The number of amides is 3. The largest absolute Gasteiger partial charge is 0.452 e. The molecule has 9 heteroatoms. The molecule has 2 heterocycles. The van der Waals surface area contributed by atoms with E-state index in [1.165, 1.54) is 23.1 Å². The maximum Gasteiger partial charge on any atom is 0.338 e. The summed E-state index contributed by atoms with van der Waals surface area (Å²) in [4.78, 5) is 50.9. The summed E-state index contributed by atoms with van der Waals surface area (Å²) in [6, 6.07) is 7.58. The number of ether oxygens (including phenoxy) is 1. The lowest BCUT2D eigenvalue weighted by Gasteiger charge is -2.25. The molecule has 162 valence electrons. The van der Waals surface area contributed by atoms with Crippen LogP contribution >= 0.6 is 0 Å². The smallest absolute Gasteiger partial charge is 0.338 e. The number of rotatable bonds is 5. The first-order valence-electron chi connectivity index (χ1n) is 10.2. The first kappa shape index (κ1) is 20.8. The van der Waals surface area contributed by atoms with Crippen molar-refractivity contribution in [2.24, 2.45) is 17.8 Å². The van der Waals surface area contributed by atoms with Gasteiger partial charge in [0.15, 0.2) is 12.4 Å². The van der Waals surface area contributed by atoms with Crippen LogP contribution in [0.1, 0.15) is 42.3 Å². The molecule has 1 aliphatic heterocycles. The van der Waals surface area contributed by atoms with E-state index in [0.717, 1.165) is 19.3 Å². The zero-order valence-corrected chi connectivity index (χ0v) is 17.3. The van der Waals surface area contributed by atoms with Gasteiger partial charge in [0.1, 0.15) is 5.76 Å². The highest BCUT2D eigenvalue weighted by Crippen LogP contribution is 2.42. The molecule has 0 radical (unpaired) electrons. The molecule has 3 atom stereocenters. The molecule has 31 heavy (non-hydrogen) atoms.